The van der Waals surface area contributed by atoms with E-state index in [-0.39, 0.29) is 12.3 Å². The standard InChI is InChI=1S/C16H22N2O3/c19-15(7-3-13-9-10-17-11-13)18-14-5-1-12(2-6-14)4-8-16(20)21/h1-2,5-6,13,17H,3-4,7-11H2,(H,18,19)(H,20,21). The second-order valence-corrected chi connectivity index (χ2v) is 5.54. The highest BCUT2D eigenvalue weighted by Crippen LogP contribution is 2.16. The van der Waals surface area contributed by atoms with Crippen molar-refractivity contribution >= 4 is 17.6 Å². The second kappa shape index (κ2) is 7.78. The van der Waals surface area contributed by atoms with Crippen molar-refractivity contribution in [3.8, 4) is 0 Å². The summed E-state index contributed by atoms with van der Waals surface area (Å²) in [6.07, 6.45) is 3.27. The molecule has 0 radical (unpaired) electrons. The third kappa shape index (κ3) is 5.55. The van der Waals surface area contributed by atoms with Gasteiger partial charge in [0.25, 0.3) is 0 Å². The number of carboxylic acids is 1. The molecule has 0 saturated carbocycles. The van der Waals surface area contributed by atoms with Gasteiger partial charge < -0.3 is 15.7 Å². The predicted octanol–water partition coefficient (Wildman–Crippen LogP) is 2.03. The van der Waals surface area contributed by atoms with Crippen molar-refractivity contribution in [2.45, 2.75) is 32.1 Å². The van der Waals surface area contributed by atoms with Crippen LogP contribution in [0.2, 0.25) is 0 Å². The minimum atomic E-state index is -0.797. The lowest BCUT2D eigenvalue weighted by atomic mass is 10.0. The number of rotatable bonds is 7. The number of carboxylic acid groups (broad SMARTS) is 1. The summed E-state index contributed by atoms with van der Waals surface area (Å²) < 4.78 is 0. The van der Waals surface area contributed by atoms with Crippen LogP contribution in [0.15, 0.2) is 24.3 Å². The fraction of sp³-hybridized carbons (Fsp3) is 0.500. The zero-order valence-corrected chi connectivity index (χ0v) is 12.1. The van der Waals surface area contributed by atoms with Crippen molar-refractivity contribution in [2.24, 2.45) is 5.92 Å². The number of benzene rings is 1. The van der Waals surface area contributed by atoms with Crippen molar-refractivity contribution in [3.05, 3.63) is 29.8 Å². The Hall–Kier alpha value is -1.88. The Morgan fingerprint density at radius 3 is 2.62 bits per heavy atom. The monoisotopic (exact) mass is 290 g/mol. The summed E-state index contributed by atoms with van der Waals surface area (Å²) in [5.41, 5.74) is 1.73. The summed E-state index contributed by atoms with van der Waals surface area (Å²) in [6.45, 7) is 2.08. The fourth-order valence-electron chi connectivity index (χ4n) is 2.53. The molecule has 114 valence electrons. The summed E-state index contributed by atoms with van der Waals surface area (Å²) in [7, 11) is 0. The number of hydrogen-bond acceptors (Lipinski definition) is 3. The highest BCUT2D eigenvalue weighted by atomic mass is 16.4. The van der Waals surface area contributed by atoms with Gasteiger partial charge in [-0.25, -0.2) is 0 Å². The van der Waals surface area contributed by atoms with E-state index in [0.29, 0.717) is 18.8 Å². The summed E-state index contributed by atoms with van der Waals surface area (Å²) in [5, 5.41) is 14.8. The van der Waals surface area contributed by atoms with Gasteiger partial charge in [-0.05, 0) is 56.0 Å². The van der Waals surface area contributed by atoms with Crippen molar-refractivity contribution < 1.29 is 14.7 Å². The lowest BCUT2D eigenvalue weighted by Crippen LogP contribution is -2.15. The maximum absolute atomic E-state index is 11.9. The maximum Gasteiger partial charge on any atom is 0.303 e. The first-order valence-electron chi connectivity index (χ1n) is 7.45. The number of aryl methyl sites for hydroxylation is 1. The van der Waals surface area contributed by atoms with Gasteiger partial charge in [0, 0.05) is 18.5 Å². The Labute approximate surface area is 124 Å². The molecule has 5 heteroatoms. The van der Waals surface area contributed by atoms with Crippen molar-refractivity contribution in [1.82, 2.24) is 5.32 Å². The number of hydrogen-bond donors (Lipinski definition) is 3. The Kier molecular flexibility index (Phi) is 5.75. The van der Waals surface area contributed by atoms with Gasteiger partial charge in [-0.3, -0.25) is 9.59 Å². The first-order chi connectivity index (χ1) is 10.1. The van der Waals surface area contributed by atoms with Crippen LogP contribution in [0.3, 0.4) is 0 Å². The van der Waals surface area contributed by atoms with E-state index in [1.807, 2.05) is 24.3 Å². The number of nitrogens with one attached hydrogen (secondary N) is 2. The third-order valence-corrected chi connectivity index (χ3v) is 3.81. The summed E-state index contributed by atoms with van der Waals surface area (Å²) in [5.74, 6) is -0.136. The molecule has 0 aliphatic carbocycles. The highest BCUT2D eigenvalue weighted by Gasteiger charge is 2.15. The molecule has 1 aromatic carbocycles. The van der Waals surface area contributed by atoms with Crippen LogP contribution in [0.25, 0.3) is 0 Å². The molecule has 3 N–H and O–H groups in total. The normalized spacial score (nSPS) is 17.6. The van der Waals surface area contributed by atoms with Crippen LogP contribution in [0.5, 0.6) is 0 Å². The van der Waals surface area contributed by atoms with Gasteiger partial charge in [0.2, 0.25) is 5.91 Å². The molecule has 0 spiro atoms. The van der Waals surface area contributed by atoms with E-state index in [1.165, 1.54) is 0 Å². The average molecular weight is 290 g/mol. The largest absolute Gasteiger partial charge is 0.481 e. The Bertz CT molecular complexity index is 479. The van der Waals surface area contributed by atoms with Crippen LogP contribution in [0.1, 0.15) is 31.2 Å². The molecule has 0 aromatic heterocycles. The van der Waals surface area contributed by atoms with Crippen LogP contribution in [0, 0.1) is 5.92 Å². The lowest BCUT2D eigenvalue weighted by molar-refractivity contribution is -0.137. The number of aliphatic carboxylic acids is 1. The number of amides is 1. The summed E-state index contributed by atoms with van der Waals surface area (Å²) >= 11 is 0. The quantitative estimate of drug-likeness (QED) is 0.718. The molecule has 1 aromatic rings. The number of carbonyl (C=O) groups excluding carboxylic acids is 1. The molecule has 0 bridgehead atoms. The van der Waals surface area contributed by atoms with Crippen LogP contribution in [0.4, 0.5) is 5.69 Å². The van der Waals surface area contributed by atoms with Gasteiger partial charge in [0.05, 0.1) is 0 Å². The van der Waals surface area contributed by atoms with E-state index in [0.717, 1.165) is 37.2 Å². The maximum atomic E-state index is 11.9. The average Bonchev–Trinajstić information content (AvgIpc) is 2.98. The van der Waals surface area contributed by atoms with Gasteiger partial charge in [-0.2, -0.15) is 0 Å². The van der Waals surface area contributed by atoms with E-state index in [2.05, 4.69) is 10.6 Å². The third-order valence-electron chi connectivity index (χ3n) is 3.81. The first kappa shape index (κ1) is 15.5. The second-order valence-electron chi connectivity index (χ2n) is 5.54. The molecular weight excluding hydrogens is 268 g/mol. The molecule has 21 heavy (non-hydrogen) atoms. The molecule has 1 unspecified atom stereocenters. The molecule has 1 aliphatic heterocycles. The summed E-state index contributed by atoms with van der Waals surface area (Å²) in [6, 6.07) is 7.37. The molecular formula is C16H22N2O3. The zero-order valence-electron chi connectivity index (χ0n) is 12.1. The minimum Gasteiger partial charge on any atom is -0.481 e. The van der Waals surface area contributed by atoms with E-state index in [1.54, 1.807) is 0 Å². The molecule has 5 nitrogen and oxygen atoms in total. The minimum absolute atomic E-state index is 0.0418. The highest BCUT2D eigenvalue weighted by molar-refractivity contribution is 5.90. The molecule has 2 rings (SSSR count). The lowest BCUT2D eigenvalue weighted by Gasteiger charge is -2.09. The van der Waals surface area contributed by atoms with Gasteiger partial charge in [0.1, 0.15) is 0 Å². The van der Waals surface area contributed by atoms with Gasteiger partial charge in [-0.15, -0.1) is 0 Å². The van der Waals surface area contributed by atoms with Gasteiger partial charge >= 0.3 is 5.97 Å². The zero-order chi connectivity index (χ0) is 15.1. The topological polar surface area (TPSA) is 78.4 Å². The van der Waals surface area contributed by atoms with Crippen molar-refractivity contribution in [3.63, 3.8) is 0 Å². The predicted molar refractivity (Wildman–Crippen MR) is 81.2 cm³/mol. The van der Waals surface area contributed by atoms with Crippen LogP contribution in [-0.2, 0) is 16.0 Å². The molecule has 1 aliphatic rings. The van der Waals surface area contributed by atoms with Crippen molar-refractivity contribution in [1.29, 1.82) is 0 Å². The SMILES string of the molecule is O=C(O)CCc1ccc(NC(=O)CCC2CCNC2)cc1. The molecule has 1 heterocycles. The molecule has 1 fully saturated rings. The Balaban J connectivity index is 1.73. The number of carbonyl (C=O) groups is 2. The van der Waals surface area contributed by atoms with Gasteiger partial charge in [0.15, 0.2) is 0 Å². The summed E-state index contributed by atoms with van der Waals surface area (Å²) in [4.78, 5) is 22.4. The van der Waals surface area contributed by atoms with Crippen LogP contribution in [-0.4, -0.2) is 30.1 Å². The molecule has 1 saturated heterocycles. The fourth-order valence-corrected chi connectivity index (χ4v) is 2.53. The Morgan fingerprint density at radius 1 is 1.24 bits per heavy atom. The van der Waals surface area contributed by atoms with E-state index >= 15 is 0 Å². The smallest absolute Gasteiger partial charge is 0.303 e. The van der Waals surface area contributed by atoms with E-state index in [9.17, 15) is 9.59 Å². The number of anilines is 1. The molecule has 1 amide bonds. The van der Waals surface area contributed by atoms with Crippen LogP contribution >= 0.6 is 0 Å². The van der Waals surface area contributed by atoms with Crippen LogP contribution < -0.4 is 10.6 Å². The Morgan fingerprint density at radius 2 is 2.00 bits per heavy atom. The van der Waals surface area contributed by atoms with E-state index < -0.39 is 5.97 Å². The van der Waals surface area contributed by atoms with Crippen molar-refractivity contribution in [2.75, 3.05) is 18.4 Å². The van der Waals surface area contributed by atoms with Gasteiger partial charge in [-0.1, -0.05) is 12.1 Å². The van der Waals surface area contributed by atoms with E-state index in [4.69, 9.17) is 5.11 Å². The first-order valence-corrected chi connectivity index (χ1v) is 7.45. The molecule has 1 atom stereocenters.